The molecule has 2 N–H and O–H groups in total. The van der Waals surface area contributed by atoms with Gasteiger partial charge in [-0.3, -0.25) is 14.4 Å². The van der Waals surface area contributed by atoms with Crippen LogP contribution in [0.25, 0.3) is 0 Å². The van der Waals surface area contributed by atoms with Gasteiger partial charge in [0.2, 0.25) is 5.91 Å². The van der Waals surface area contributed by atoms with E-state index >= 15 is 0 Å². The molecule has 8 heteroatoms. The van der Waals surface area contributed by atoms with Gasteiger partial charge in [-0.05, 0) is 49.7 Å². The molecule has 0 radical (unpaired) electrons. The van der Waals surface area contributed by atoms with E-state index in [1.54, 1.807) is 36.1 Å². The summed E-state index contributed by atoms with van der Waals surface area (Å²) in [4.78, 5) is 41.0. The summed E-state index contributed by atoms with van der Waals surface area (Å²) in [6, 6.07) is 14.6. The SMILES string of the molecule is CCOC(=O)CCN1CC(=O)N(Cc2ccc(OCCCN)cc2)c2ccccc2C1=O. The molecular weight excluding hydrogens is 410 g/mol. The fourth-order valence-corrected chi connectivity index (χ4v) is 3.48. The number of nitrogens with zero attached hydrogens (tertiary/aromatic N) is 2. The van der Waals surface area contributed by atoms with Crippen molar-refractivity contribution < 1.29 is 23.9 Å². The van der Waals surface area contributed by atoms with Crippen molar-refractivity contribution in [3.63, 3.8) is 0 Å². The number of esters is 1. The fraction of sp³-hybridized carbons (Fsp3) is 0.375. The van der Waals surface area contributed by atoms with Crippen molar-refractivity contribution >= 4 is 23.5 Å². The van der Waals surface area contributed by atoms with Gasteiger partial charge in [0.25, 0.3) is 5.91 Å². The Balaban J connectivity index is 1.77. The van der Waals surface area contributed by atoms with Gasteiger partial charge in [-0.2, -0.15) is 0 Å². The number of benzene rings is 2. The average molecular weight is 440 g/mol. The quantitative estimate of drug-likeness (QED) is 0.450. The lowest BCUT2D eigenvalue weighted by Gasteiger charge is -2.23. The minimum Gasteiger partial charge on any atom is -0.494 e. The van der Waals surface area contributed by atoms with Crippen molar-refractivity contribution in [3.05, 3.63) is 59.7 Å². The van der Waals surface area contributed by atoms with Crippen LogP contribution in [0.15, 0.2) is 48.5 Å². The van der Waals surface area contributed by atoms with Gasteiger partial charge in [-0.1, -0.05) is 24.3 Å². The average Bonchev–Trinajstić information content (AvgIpc) is 2.89. The minimum atomic E-state index is -0.393. The van der Waals surface area contributed by atoms with E-state index in [0.717, 1.165) is 17.7 Å². The molecule has 1 heterocycles. The van der Waals surface area contributed by atoms with Crippen molar-refractivity contribution in [1.82, 2.24) is 4.90 Å². The molecule has 0 saturated carbocycles. The van der Waals surface area contributed by atoms with E-state index in [2.05, 4.69) is 0 Å². The Morgan fingerprint density at radius 2 is 1.84 bits per heavy atom. The highest BCUT2D eigenvalue weighted by Gasteiger charge is 2.31. The van der Waals surface area contributed by atoms with E-state index in [1.165, 1.54) is 4.90 Å². The molecule has 1 aliphatic heterocycles. The minimum absolute atomic E-state index is 0.0423. The molecule has 0 saturated heterocycles. The first kappa shape index (κ1) is 23.3. The number of hydrogen-bond donors (Lipinski definition) is 1. The molecule has 8 nitrogen and oxygen atoms in total. The van der Waals surface area contributed by atoms with Crippen molar-refractivity contribution in [2.75, 3.05) is 37.7 Å². The third-order valence-corrected chi connectivity index (χ3v) is 5.11. The second-order valence-electron chi connectivity index (χ2n) is 7.41. The highest BCUT2D eigenvalue weighted by molar-refractivity contribution is 6.09. The fourth-order valence-electron chi connectivity index (χ4n) is 3.48. The second-order valence-corrected chi connectivity index (χ2v) is 7.41. The van der Waals surface area contributed by atoms with Crippen LogP contribution in [-0.4, -0.2) is 55.5 Å². The number of ether oxygens (including phenoxy) is 2. The van der Waals surface area contributed by atoms with E-state index in [0.29, 0.717) is 30.9 Å². The molecule has 170 valence electrons. The first-order valence-electron chi connectivity index (χ1n) is 10.8. The van der Waals surface area contributed by atoms with E-state index in [4.69, 9.17) is 15.2 Å². The van der Waals surface area contributed by atoms with Gasteiger partial charge in [-0.25, -0.2) is 0 Å². The zero-order valence-corrected chi connectivity index (χ0v) is 18.3. The molecule has 0 atom stereocenters. The lowest BCUT2D eigenvalue weighted by Crippen LogP contribution is -2.40. The number of fused-ring (bicyclic) bond motifs is 1. The summed E-state index contributed by atoms with van der Waals surface area (Å²) in [5.74, 6) is -0.138. The van der Waals surface area contributed by atoms with Gasteiger partial charge >= 0.3 is 5.97 Å². The topological polar surface area (TPSA) is 102 Å². The molecule has 0 spiro atoms. The molecule has 0 unspecified atom stereocenters. The van der Waals surface area contributed by atoms with Crippen LogP contribution >= 0.6 is 0 Å². The number of amides is 2. The standard InChI is InChI=1S/C24H29N3O5/c1-2-31-23(29)12-14-26-17-22(28)27(21-7-4-3-6-20(21)24(26)30)16-18-8-10-19(11-9-18)32-15-5-13-25/h3-4,6-11H,2,5,12-17,25H2,1H3. The predicted molar refractivity (Wildman–Crippen MR) is 120 cm³/mol. The van der Waals surface area contributed by atoms with Crippen molar-refractivity contribution in [2.45, 2.75) is 26.3 Å². The number of para-hydroxylation sites is 1. The molecule has 0 fully saturated rings. The van der Waals surface area contributed by atoms with E-state index in [9.17, 15) is 14.4 Å². The van der Waals surface area contributed by atoms with Crippen LogP contribution in [-0.2, 0) is 20.9 Å². The predicted octanol–water partition coefficient (Wildman–Crippen LogP) is 2.36. The van der Waals surface area contributed by atoms with Gasteiger partial charge in [-0.15, -0.1) is 0 Å². The third-order valence-electron chi connectivity index (χ3n) is 5.11. The number of carbonyl (C=O) groups excluding carboxylic acids is 3. The van der Waals surface area contributed by atoms with Crippen molar-refractivity contribution in [1.29, 1.82) is 0 Å². The summed E-state index contributed by atoms with van der Waals surface area (Å²) < 4.78 is 10.6. The zero-order chi connectivity index (χ0) is 22.9. The number of carbonyl (C=O) groups is 3. The molecule has 2 aromatic rings. The Hall–Kier alpha value is -3.39. The maximum absolute atomic E-state index is 13.1. The lowest BCUT2D eigenvalue weighted by molar-refractivity contribution is -0.143. The maximum atomic E-state index is 13.1. The second kappa shape index (κ2) is 11.3. The largest absolute Gasteiger partial charge is 0.494 e. The Labute approximate surface area is 187 Å². The third kappa shape index (κ3) is 5.85. The van der Waals surface area contributed by atoms with Gasteiger partial charge in [0.05, 0.1) is 37.4 Å². The molecule has 32 heavy (non-hydrogen) atoms. The normalized spacial score (nSPS) is 13.6. The maximum Gasteiger partial charge on any atom is 0.307 e. The van der Waals surface area contributed by atoms with Crippen LogP contribution in [0.5, 0.6) is 5.75 Å². The Morgan fingerprint density at radius 3 is 2.56 bits per heavy atom. The molecule has 0 bridgehead atoms. The Morgan fingerprint density at radius 1 is 1.09 bits per heavy atom. The van der Waals surface area contributed by atoms with Gasteiger partial charge in [0.1, 0.15) is 12.3 Å². The van der Waals surface area contributed by atoms with Crippen LogP contribution in [0.4, 0.5) is 5.69 Å². The number of anilines is 1. The van der Waals surface area contributed by atoms with Gasteiger partial charge in [0.15, 0.2) is 0 Å². The van der Waals surface area contributed by atoms with Crippen LogP contribution < -0.4 is 15.4 Å². The number of hydrogen-bond acceptors (Lipinski definition) is 6. The summed E-state index contributed by atoms with van der Waals surface area (Å²) in [6.07, 6.45) is 0.822. The molecule has 2 amide bonds. The molecule has 2 aromatic carbocycles. The van der Waals surface area contributed by atoms with Crippen LogP contribution in [0, 0.1) is 0 Å². The van der Waals surface area contributed by atoms with Crippen molar-refractivity contribution in [2.24, 2.45) is 5.73 Å². The highest BCUT2D eigenvalue weighted by Crippen LogP contribution is 2.27. The first-order valence-corrected chi connectivity index (χ1v) is 10.8. The molecular formula is C24H29N3O5. The van der Waals surface area contributed by atoms with E-state index in [1.807, 2.05) is 24.3 Å². The van der Waals surface area contributed by atoms with E-state index in [-0.39, 0.29) is 37.9 Å². The van der Waals surface area contributed by atoms with Crippen LogP contribution in [0.1, 0.15) is 35.7 Å². The number of nitrogens with two attached hydrogens (primary N) is 1. The molecule has 0 aromatic heterocycles. The summed E-state index contributed by atoms with van der Waals surface area (Å²) in [5, 5.41) is 0. The summed E-state index contributed by atoms with van der Waals surface area (Å²) in [5.41, 5.74) is 7.39. The summed E-state index contributed by atoms with van der Waals surface area (Å²) in [7, 11) is 0. The van der Waals surface area contributed by atoms with Gasteiger partial charge < -0.3 is 25.0 Å². The van der Waals surface area contributed by atoms with Gasteiger partial charge in [0, 0.05) is 6.54 Å². The molecule has 0 aliphatic carbocycles. The van der Waals surface area contributed by atoms with E-state index < -0.39 is 5.97 Å². The highest BCUT2D eigenvalue weighted by atomic mass is 16.5. The number of rotatable bonds is 10. The first-order chi connectivity index (χ1) is 15.5. The lowest BCUT2D eigenvalue weighted by atomic mass is 10.1. The summed E-state index contributed by atoms with van der Waals surface area (Å²) >= 11 is 0. The van der Waals surface area contributed by atoms with Crippen LogP contribution in [0.2, 0.25) is 0 Å². The van der Waals surface area contributed by atoms with Crippen molar-refractivity contribution in [3.8, 4) is 5.75 Å². The smallest absolute Gasteiger partial charge is 0.307 e. The Kier molecular flexibility index (Phi) is 8.21. The molecule has 1 aliphatic rings. The Bertz CT molecular complexity index is 945. The molecule has 3 rings (SSSR count). The summed E-state index contributed by atoms with van der Waals surface area (Å²) in [6.45, 7) is 3.47. The van der Waals surface area contributed by atoms with Crippen LogP contribution in [0.3, 0.4) is 0 Å². The monoisotopic (exact) mass is 439 g/mol. The zero-order valence-electron chi connectivity index (χ0n) is 18.3.